The van der Waals surface area contributed by atoms with E-state index in [1.807, 2.05) is 30.3 Å². The molecule has 1 N–H and O–H groups in total. The molecule has 0 unspecified atom stereocenters. The van der Waals surface area contributed by atoms with Gasteiger partial charge < -0.3 is 14.1 Å². The van der Waals surface area contributed by atoms with Crippen molar-refractivity contribution in [3.63, 3.8) is 0 Å². The summed E-state index contributed by atoms with van der Waals surface area (Å²) in [5.41, 5.74) is 1.52. The fraction of sp³-hybridized carbons (Fsp3) is 0.125. The Morgan fingerprint density at radius 2 is 1.78 bits per heavy atom. The first-order chi connectivity index (χ1) is 15.7. The standard InChI is InChI=1S/C24H19N3O4S/c28-22(20-7-4-14-30-20)26-24-25-19-12-13-27(15-21(19)32-24)23(29)16-8-10-18(11-9-16)31-17-5-2-1-3-6-17/h1-11,14H,12-13,15H2,(H,25,26,28). The maximum atomic E-state index is 13.0. The molecule has 0 aliphatic carbocycles. The number of carbonyl (C=O) groups is 2. The number of anilines is 1. The third-order valence-corrected chi connectivity index (χ3v) is 6.06. The second-order valence-corrected chi connectivity index (χ2v) is 8.32. The quantitative estimate of drug-likeness (QED) is 0.468. The number of amides is 2. The van der Waals surface area contributed by atoms with E-state index in [4.69, 9.17) is 9.15 Å². The molecule has 0 atom stereocenters. The lowest BCUT2D eigenvalue weighted by molar-refractivity contribution is 0.0736. The van der Waals surface area contributed by atoms with Crippen LogP contribution >= 0.6 is 11.3 Å². The number of hydrogen-bond donors (Lipinski definition) is 1. The summed E-state index contributed by atoms with van der Waals surface area (Å²) in [5, 5.41) is 3.27. The van der Waals surface area contributed by atoms with E-state index in [9.17, 15) is 9.59 Å². The molecule has 0 fully saturated rings. The van der Waals surface area contributed by atoms with Gasteiger partial charge in [-0.25, -0.2) is 4.98 Å². The van der Waals surface area contributed by atoms with E-state index in [1.165, 1.54) is 17.6 Å². The molecule has 0 saturated heterocycles. The van der Waals surface area contributed by atoms with Crippen molar-refractivity contribution in [2.24, 2.45) is 0 Å². The summed E-state index contributed by atoms with van der Waals surface area (Å²) in [6.45, 7) is 1.04. The fourth-order valence-corrected chi connectivity index (χ4v) is 4.48. The first-order valence-electron chi connectivity index (χ1n) is 10.1. The first-order valence-corrected chi connectivity index (χ1v) is 10.9. The van der Waals surface area contributed by atoms with Crippen LogP contribution in [0.3, 0.4) is 0 Å². The number of rotatable bonds is 5. The molecule has 1 aliphatic rings. The highest BCUT2D eigenvalue weighted by Crippen LogP contribution is 2.30. The van der Waals surface area contributed by atoms with Crippen molar-refractivity contribution < 1.29 is 18.7 Å². The third-order valence-electron chi connectivity index (χ3n) is 5.06. The average Bonchev–Trinajstić information content (AvgIpc) is 3.49. The number of benzene rings is 2. The minimum Gasteiger partial charge on any atom is -0.459 e. The number of ether oxygens (including phenoxy) is 1. The van der Waals surface area contributed by atoms with Gasteiger partial charge in [0.1, 0.15) is 11.5 Å². The molecule has 2 aromatic carbocycles. The molecule has 3 heterocycles. The predicted molar refractivity (Wildman–Crippen MR) is 120 cm³/mol. The maximum absolute atomic E-state index is 13.0. The van der Waals surface area contributed by atoms with Gasteiger partial charge in [0, 0.05) is 23.4 Å². The lowest BCUT2D eigenvalue weighted by Crippen LogP contribution is -2.35. The Balaban J connectivity index is 1.23. The number of thiazole rings is 1. The van der Waals surface area contributed by atoms with Gasteiger partial charge in [-0.1, -0.05) is 29.5 Å². The number of para-hydroxylation sites is 1. The Morgan fingerprint density at radius 1 is 1.00 bits per heavy atom. The van der Waals surface area contributed by atoms with Gasteiger partial charge in [0.05, 0.1) is 18.5 Å². The van der Waals surface area contributed by atoms with Crippen molar-refractivity contribution in [3.05, 3.63) is 94.9 Å². The Morgan fingerprint density at radius 3 is 2.53 bits per heavy atom. The summed E-state index contributed by atoms with van der Waals surface area (Å²) in [6, 6.07) is 19.9. The van der Waals surface area contributed by atoms with Crippen LogP contribution in [0.1, 0.15) is 31.5 Å². The van der Waals surface area contributed by atoms with Gasteiger partial charge in [0.15, 0.2) is 10.9 Å². The molecule has 1 aliphatic heterocycles. The number of aromatic nitrogens is 1. The number of hydrogen-bond acceptors (Lipinski definition) is 6. The van der Waals surface area contributed by atoms with Crippen LogP contribution < -0.4 is 10.1 Å². The minimum absolute atomic E-state index is 0.0449. The number of nitrogens with one attached hydrogen (secondary N) is 1. The van der Waals surface area contributed by atoms with Crippen molar-refractivity contribution in [2.75, 3.05) is 11.9 Å². The molecule has 0 spiro atoms. The van der Waals surface area contributed by atoms with Crippen LogP contribution in [0.15, 0.2) is 77.4 Å². The Labute approximate surface area is 188 Å². The first kappa shape index (κ1) is 20.0. The van der Waals surface area contributed by atoms with Gasteiger partial charge in [0.25, 0.3) is 11.8 Å². The molecule has 0 radical (unpaired) electrons. The molecule has 0 bridgehead atoms. The van der Waals surface area contributed by atoms with Crippen LogP contribution in [-0.2, 0) is 13.0 Å². The molecule has 8 heteroatoms. The van der Waals surface area contributed by atoms with E-state index in [0.29, 0.717) is 36.0 Å². The summed E-state index contributed by atoms with van der Waals surface area (Å²) < 4.78 is 10.9. The second kappa shape index (κ2) is 8.68. The summed E-state index contributed by atoms with van der Waals surface area (Å²) >= 11 is 1.38. The lowest BCUT2D eigenvalue weighted by Gasteiger charge is -2.26. The Kier molecular flexibility index (Phi) is 5.43. The SMILES string of the molecule is O=C(Nc1nc2c(s1)CN(C(=O)c1ccc(Oc3ccccc3)cc1)CC2)c1ccco1. The number of carbonyl (C=O) groups excluding carboxylic acids is 2. The third kappa shape index (κ3) is 4.26. The molecule has 32 heavy (non-hydrogen) atoms. The summed E-state index contributed by atoms with van der Waals surface area (Å²) in [7, 11) is 0. The average molecular weight is 446 g/mol. The van der Waals surface area contributed by atoms with E-state index in [2.05, 4.69) is 10.3 Å². The normalized spacial score (nSPS) is 12.8. The van der Waals surface area contributed by atoms with Crippen molar-refractivity contribution in [1.29, 1.82) is 0 Å². The maximum Gasteiger partial charge on any atom is 0.293 e. The molecule has 4 aromatic rings. The van der Waals surface area contributed by atoms with E-state index in [0.717, 1.165) is 16.3 Å². The topological polar surface area (TPSA) is 84.7 Å². The number of furan rings is 1. The van der Waals surface area contributed by atoms with Gasteiger partial charge in [-0.15, -0.1) is 0 Å². The van der Waals surface area contributed by atoms with Crippen LogP contribution in [0.5, 0.6) is 11.5 Å². The molecular formula is C24H19N3O4S. The van der Waals surface area contributed by atoms with Crippen molar-refractivity contribution >= 4 is 28.3 Å². The van der Waals surface area contributed by atoms with E-state index >= 15 is 0 Å². The molecule has 0 saturated carbocycles. The lowest BCUT2D eigenvalue weighted by atomic mass is 10.1. The zero-order valence-corrected chi connectivity index (χ0v) is 17.8. The van der Waals surface area contributed by atoms with E-state index in [-0.39, 0.29) is 17.6 Å². The fourth-order valence-electron chi connectivity index (χ4n) is 3.46. The second-order valence-electron chi connectivity index (χ2n) is 7.24. The number of fused-ring (bicyclic) bond motifs is 1. The highest BCUT2D eigenvalue weighted by atomic mass is 32.1. The zero-order valence-electron chi connectivity index (χ0n) is 17.0. The monoisotopic (exact) mass is 445 g/mol. The van der Waals surface area contributed by atoms with Crippen LogP contribution in [0, 0.1) is 0 Å². The van der Waals surface area contributed by atoms with E-state index in [1.54, 1.807) is 41.3 Å². The molecular weight excluding hydrogens is 426 g/mol. The van der Waals surface area contributed by atoms with Gasteiger partial charge in [-0.05, 0) is 48.5 Å². The van der Waals surface area contributed by atoms with Crippen molar-refractivity contribution in [3.8, 4) is 11.5 Å². The van der Waals surface area contributed by atoms with Crippen LogP contribution in [0.2, 0.25) is 0 Å². The highest BCUT2D eigenvalue weighted by Gasteiger charge is 2.25. The molecule has 2 amide bonds. The Hall–Kier alpha value is -3.91. The number of nitrogens with zero attached hydrogens (tertiary/aromatic N) is 2. The summed E-state index contributed by atoms with van der Waals surface area (Å²) in [6.07, 6.45) is 2.09. The largest absolute Gasteiger partial charge is 0.459 e. The smallest absolute Gasteiger partial charge is 0.293 e. The van der Waals surface area contributed by atoms with Gasteiger partial charge in [-0.2, -0.15) is 0 Å². The predicted octanol–water partition coefficient (Wildman–Crippen LogP) is 4.98. The Bertz CT molecular complexity index is 1230. The van der Waals surface area contributed by atoms with Crippen LogP contribution in [0.25, 0.3) is 0 Å². The molecule has 5 rings (SSSR count). The minimum atomic E-state index is -0.341. The van der Waals surface area contributed by atoms with Crippen molar-refractivity contribution in [2.45, 2.75) is 13.0 Å². The van der Waals surface area contributed by atoms with Gasteiger partial charge in [0.2, 0.25) is 0 Å². The van der Waals surface area contributed by atoms with Crippen LogP contribution in [-0.4, -0.2) is 28.2 Å². The highest BCUT2D eigenvalue weighted by molar-refractivity contribution is 7.15. The summed E-state index contributed by atoms with van der Waals surface area (Å²) in [4.78, 5) is 32.5. The van der Waals surface area contributed by atoms with Gasteiger partial charge in [-0.3, -0.25) is 14.9 Å². The molecule has 7 nitrogen and oxygen atoms in total. The molecule has 2 aromatic heterocycles. The summed E-state index contributed by atoms with van der Waals surface area (Å²) in [5.74, 6) is 1.27. The van der Waals surface area contributed by atoms with Gasteiger partial charge >= 0.3 is 0 Å². The zero-order chi connectivity index (χ0) is 21.9. The van der Waals surface area contributed by atoms with E-state index < -0.39 is 0 Å². The van der Waals surface area contributed by atoms with Crippen molar-refractivity contribution in [1.82, 2.24) is 9.88 Å². The van der Waals surface area contributed by atoms with Crippen LogP contribution in [0.4, 0.5) is 5.13 Å². The molecule has 160 valence electrons.